The van der Waals surface area contributed by atoms with E-state index in [4.69, 9.17) is 0 Å². The zero-order chi connectivity index (χ0) is 13.7. The van der Waals surface area contributed by atoms with Gasteiger partial charge in [0, 0.05) is 18.6 Å². The first-order chi connectivity index (χ1) is 9.24. The van der Waals surface area contributed by atoms with Gasteiger partial charge in [0.05, 0.1) is 0 Å². The molecule has 3 heteroatoms. The van der Waals surface area contributed by atoms with E-state index in [1.165, 1.54) is 64.7 Å². The maximum Gasteiger partial charge on any atom is 0.0117 e. The van der Waals surface area contributed by atoms with Gasteiger partial charge in [0.2, 0.25) is 0 Å². The van der Waals surface area contributed by atoms with Crippen LogP contribution in [-0.2, 0) is 0 Å². The van der Waals surface area contributed by atoms with Crippen LogP contribution in [0.2, 0.25) is 0 Å². The molecule has 2 saturated heterocycles. The maximum atomic E-state index is 3.50. The molecule has 0 bridgehead atoms. The van der Waals surface area contributed by atoms with Gasteiger partial charge in [0.25, 0.3) is 0 Å². The molecule has 0 aliphatic carbocycles. The third kappa shape index (κ3) is 4.17. The average molecular weight is 267 g/mol. The van der Waals surface area contributed by atoms with Crippen molar-refractivity contribution in [2.45, 2.75) is 57.5 Å². The van der Waals surface area contributed by atoms with Gasteiger partial charge in [0.15, 0.2) is 0 Å². The predicted octanol–water partition coefficient (Wildman–Crippen LogP) is 2.18. The summed E-state index contributed by atoms with van der Waals surface area (Å²) < 4.78 is 0. The molecule has 2 heterocycles. The Bertz CT molecular complexity index is 256. The fourth-order valence-corrected chi connectivity index (χ4v) is 3.94. The molecule has 3 nitrogen and oxygen atoms in total. The highest BCUT2D eigenvalue weighted by Gasteiger charge is 2.27. The first kappa shape index (κ1) is 15.3. The highest BCUT2D eigenvalue weighted by Crippen LogP contribution is 2.22. The third-order valence-electron chi connectivity index (χ3n) is 5.41. The normalized spacial score (nSPS) is 34.6. The van der Waals surface area contributed by atoms with Crippen LogP contribution in [0.4, 0.5) is 0 Å². The van der Waals surface area contributed by atoms with Crippen molar-refractivity contribution in [3.05, 3.63) is 0 Å². The van der Waals surface area contributed by atoms with E-state index in [9.17, 15) is 0 Å². The van der Waals surface area contributed by atoms with Crippen LogP contribution in [0.5, 0.6) is 0 Å². The van der Waals surface area contributed by atoms with Crippen LogP contribution < -0.4 is 5.32 Å². The summed E-state index contributed by atoms with van der Waals surface area (Å²) in [7, 11) is 4.44. The summed E-state index contributed by atoms with van der Waals surface area (Å²) in [4.78, 5) is 5.30. The van der Waals surface area contributed by atoms with E-state index < -0.39 is 0 Å². The molecule has 2 aliphatic rings. The maximum absolute atomic E-state index is 3.50. The summed E-state index contributed by atoms with van der Waals surface area (Å²) in [5, 5.41) is 3.50. The molecule has 0 aromatic rings. The Balaban J connectivity index is 1.74. The molecule has 19 heavy (non-hydrogen) atoms. The van der Waals surface area contributed by atoms with Crippen molar-refractivity contribution in [1.29, 1.82) is 0 Å². The first-order valence-corrected chi connectivity index (χ1v) is 8.34. The first-order valence-electron chi connectivity index (χ1n) is 8.34. The summed E-state index contributed by atoms with van der Waals surface area (Å²) in [6.45, 7) is 7.55. The molecule has 2 rings (SSSR count). The second-order valence-electron chi connectivity index (χ2n) is 6.57. The largest absolute Gasteiger partial charge is 0.317 e. The molecule has 2 fully saturated rings. The lowest BCUT2D eigenvalue weighted by atomic mass is 9.89. The predicted molar refractivity (Wildman–Crippen MR) is 82.6 cm³/mol. The van der Waals surface area contributed by atoms with Gasteiger partial charge in [-0.15, -0.1) is 0 Å². The van der Waals surface area contributed by atoms with Gasteiger partial charge in [-0.05, 0) is 65.3 Å². The van der Waals surface area contributed by atoms with Crippen molar-refractivity contribution in [3.8, 4) is 0 Å². The molecule has 0 aromatic carbocycles. The van der Waals surface area contributed by atoms with E-state index in [1.807, 2.05) is 0 Å². The number of nitrogens with one attached hydrogen (secondary N) is 1. The van der Waals surface area contributed by atoms with E-state index in [-0.39, 0.29) is 0 Å². The SMILES string of the molecule is CCC1CN(CCC2CCCCN2C)CCC1NC. The molecule has 0 aromatic heterocycles. The molecule has 2 aliphatic heterocycles. The Labute approximate surface area is 119 Å². The summed E-state index contributed by atoms with van der Waals surface area (Å²) in [6, 6.07) is 1.59. The van der Waals surface area contributed by atoms with Crippen LogP contribution in [0.1, 0.15) is 45.4 Å². The van der Waals surface area contributed by atoms with E-state index in [0.717, 1.165) is 18.0 Å². The molecule has 0 saturated carbocycles. The lowest BCUT2D eigenvalue weighted by Gasteiger charge is -2.40. The third-order valence-corrected chi connectivity index (χ3v) is 5.41. The van der Waals surface area contributed by atoms with Crippen LogP contribution in [0.25, 0.3) is 0 Å². The molecule has 3 unspecified atom stereocenters. The zero-order valence-corrected chi connectivity index (χ0v) is 13.2. The molecule has 0 amide bonds. The van der Waals surface area contributed by atoms with Crippen molar-refractivity contribution in [2.24, 2.45) is 5.92 Å². The minimum atomic E-state index is 0.749. The summed E-state index contributed by atoms with van der Waals surface area (Å²) in [5.41, 5.74) is 0. The average Bonchev–Trinajstić information content (AvgIpc) is 2.46. The van der Waals surface area contributed by atoms with Gasteiger partial charge in [0.1, 0.15) is 0 Å². The molecule has 112 valence electrons. The van der Waals surface area contributed by atoms with E-state index in [2.05, 4.69) is 36.1 Å². The Morgan fingerprint density at radius 2 is 2.00 bits per heavy atom. The topological polar surface area (TPSA) is 18.5 Å². The fraction of sp³-hybridized carbons (Fsp3) is 1.00. The van der Waals surface area contributed by atoms with Gasteiger partial charge in [-0.2, -0.15) is 0 Å². The second kappa shape index (κ2) is 7.61. The molecule has 3 atom stereocenters. The van der Waals surface area contributed by atoms with Crippen LogP contribution in [0, 0.1) is 5.92 Å². The van der Waals surface area contributed by atoms with Gasteiger partial charge in [-0.3, -0.25) is 0 Å². The Morgan fingerprint density at radius 3 is 2.68 bits per heavy atom. The molecule has 0 spiro atoms. The Hall–Kier alpha value is -0.120. The van der Waals surface area contributed by atoms with E-state index in [1.54, 1.807) is 0 Å². The number of rotatable bonds is 5. The smallest absolute Gasteiger partial charge is 0.0117 e. The standard InChI is InChI=1S/C16H33N3/c1-4-14-13-19(12-9-16(14)17-2)11-8-15-7-5-6-10-18(15)3/h14-17H,4-13H2,1-3H3. The van der Waals surface area contributed by atoms with Gasteiger partial charge >= 0.3 is 0 Å². The number of hydrogen-bond donors (Lipinski definition) is 1. The lowest BCUT2D eigenvalue weighted by Crippen LogP contribution is -2.49. The van der Waals surface area contributed by atoms with Gasteiger partial charge in [-0.1, -0.05) is 19.8 Å². The van der Waals surface area contributed by atoms with Crippen LogP contribution >= 0.6 is 0 Å². The Kier molecular flexibility index (Phi) is 6.11. The van der Waals surface area contributed by atoms with Crippen LogP contribution in [-0.4, -0.2) is 62.2 Å². The summed E-state index contributed by atoms with van der Waals surface area (Å²) in [5.74, 6) is 0.850. The molecule has 0 radical (unpaired) electrons. The van der Waals surface area contributed by atoms with Crippen LogP contribution in [0.15, 0.2) is 0 Å². The van der Waals surface area contributed by atoms with E-state index in [0.29, 0.717) is 0 Å². The Morgan fingerprint density at radius 1 is 1.16 bits per heavy atom. The minimum absolute atomic E-state index is 0.749. The van der Waals surface area contributed by atoms with Crippen molar-refractivity contribution in [2.75, 3.05) is 40.3 Å². The highest BCUT2D eigenvalue weighted by molar-refractivity contribution is 4.84. The fourth-order valence-electron chi connectivity index (χ4n) is 3.94. The summed E-state index contributed by atoms with van der Waals surface area (Å²) in [6.07, 6.45) is 8.27. The molecule has 1 N–H and O–H groups in total. The van der Waals surface area contributed by atoms with Crippen molar-refractivity contribution in [3.63, 3.8) is 0 Å². The second-order valence-corrected chi connectivity index (χ2v) is 6.57. The number of hydrogen-bond acceptors (Lipinski definition) is 3. The number of likely N-dealkylation sites (tertiary alicyclic amines) is 2. The zero-order valence-electron chi connectivity index (χ0n) is 13.2. The highest BCUT2D eigenvalue weighted by atomic mass is 15.2. The molecular weight excluding hydrogens is 234 g/mol. The molecular formula is C16H33N3. The number of piperidine rings is 2. The van der Waals surface area contributed by atoms with E-state index >= 15 is 0 Å². The van der Waals surface area contributed by atoms with Gasteiger partial charge in [-0.25, -0.2) is 0 Å². The minimum Gasteiger partial charge on any atom is -0.317 e. The quantitative estimate of drug-likeness (QED) is 0.824. The number of nitrogens with zero attached hydrogens (tertiary/aromatic N) is 2. The van der Waals surface area contributed by atoms with Gasteiger partial charge < -0.3 is 15.1 Å². The summed E-state index contributed by atoms with van der Waals surface area (Å²) >= 11 is 0. The van der Waals surface area contributed by atoms with Crippen molar-refractivity contribution in [1.82, 2.24) is 15.1 Å². The lowest BCUT2D eigenvalue weighted by molar-refractivity contribution is 0.111. The van der Waals surface area contributed by atoms with Crippen LogP contribution in [0.3, 0.4) is 0 Å². The van der Waals surface area contributed by atoms with Crippen molar-refractivity contribution < 1.29 is 0 Å². The monoisotopic (exact) mass is 267 g/mol. The van der Waals surface area contributed by atoms with Crippen molar-refractivity contribution >= 4 is 0 Å².